The highest BCUT2D eigenvalue weighted by atomic mass is 35.5. The summed E-state index contributed by atoms with van der Waals surface area (Å²) in [5.74, 6) is -1.37. The highest BCUT2D eigenvalue weighted by Gasteiger charge is 2.11. The summed E-state index contributed by atoms with van der Waals surface area (Å²) in [6.07, 6.45) is 0. The predicted molar refractivity (Wildman–Crippen MR) is 56.0 cm³/mol. The second-order valence-corrected chi connectivity index (χ2v) is 3.66. The van der Waals surface area contributed by atoms with Gasteiger partial charge in [-0.2, -0.15) is 0 Å². The van der Waals surface area contributed by atoms with Crippen LogP contribution in [0, 0.1) is 6.92 Å². The Balaban J connectivity index is 2.45. The van der Waals surface area contributed by atoms with Crippen molar-refractivity contribution in [2.75, 3.05) is 0 Å². The molecule has 0 fully saturated rings. The van der Waals surface area contributed by atoms with E-state index in [1.54, 1.807) is 31.2 Å². The monoisotopic (exact) mass is 236 g/mol. The van der Waals surface area contributed by atoms with E-state index >= 15 is 0 Å². The Morgan fingerprint density at radius 1 is 1.38 bits per heavy atom. The molecule has 0 bridgehead atoms. The van der Waals surface area contributed by atoms with Crippen LogP contribution in [0.1, 0.15) is 16.2 Å². The van der Waals surface area contributed by atoms with Gasteiger partial charge in [-0.3, -0.25) is 0 Å². The molecule has 0 saturated carbocycles. The molecule has 0 aliphatic carbocycles. The zero-order chi connectivity index (χ0) is 11.7. The number of carbonyl (C=O) groups is 1. The molecule has 5 heteroatoms. The van der Waals surface area contributed by atoms with Crippen LogP contribution in [-0.4, -0.2) is 11.0 Å². The largest absolute Gasteiger partial charge is 0.541 e. The fourth-order valence-corrected chi connectivity index (χ4v) is 1.43. The number of benzene rings is 1. The third-order valence-corrected chi connectivity index (χ3v) is 2.33. The lowest BCUT2D eigenvalue weighted by Crippen LogP contribution is -2.22. The molecule has 16 heavy (non-hydrogen) atoms. The lowest BCUT2D eigenvalue weighted by Gasteiger charge is -1.96. The third-order valence-electron chi connectivity index (χ3n) is 2.07. The van der Waals surface area contributed by atoms with E-state index in [1.165, 1.54) is 0 Å². The van der Waals surface area contributed by atoms with Crippen molar-refractivity contribution in [3.8, 4) is 11.5 Å². The standard InChI is InChI=1S/C11H8ClNO3/c1-6-9(11(14)15)16-10(13-6)7-2-4-8(12)5-3-7/h2-5H,1H3,(H,14,15)/p-1. The summed E-state index contributed by atoms with van der Waals surface area (Å²) in [7, 11) is 0. The Kier molecular flexibility index (Phi) is 2.66. The molecule has 82 valence electrons. The average Bonchev–Trinajstić information content (AvgIpc) is 2.61. The minimum Gasteiger partial charge on any atom is -0.541 e. The molecule has 1 aromatic carbocycles. The molecular weight excluding hydrogens is 230 g/mol. The topological polar surface area (TPSA) is 66.2 Å². The predicted octanol–water partition coefficient (Wildman–Crippen LogP) is 1.67. The van der Waals surface area contributed by atoms with Crippen molar-refractivity contribution in [2.45, 2.75) is 6.92 Å². The molecule has 0 radical (unpaired) electrons. The molecule has 0 N–H and O–H groups in total. The molecular formula is C11H7ClNO3-. The first-order valence-electron chi connectivity index (χ1n) is 4.52. The molecule has 0 aliphatic heterocycles. The molecule has 2 rings (SSSR count). The SMILES string of the molecule is Cc1nc(-c2ccc(Cl)cc2)oc1C(=O)[O-]. The number of hydrogen-bond acceptors (Lipinski definition) is 4. The van der Waals surface area contributed by atoms with Crippen molar-refractivity contribution in [1.29, 1.82) is 0 Å². The van der Waals surface area contributed by atoms with Crippen LogP contribution in [-0.2, 0) is 0 Å². The smallest absolute Gasteiger partial charge is 0.227 e. The maximum absolute atomic E-state index is 10.7. The fourth-order valence-electron chi connectivity index (χ4n) is 1.30. The summed E-state index contributed by atoms with van der Waals surface area (Å²) in [5, 5.41) is 11.2. The van der Waals surface area contributed by atoms with Gasteiger partial charge in [-0.25, -0.2) is 4.98 Å². The minimum absolute atomic E-state index is 0.244. The van der Waals surface area contributed by atoms with Crippen LogP contribution in [0.4, 0.5) is 0 Å². The minimum atomic E-state index is -1.37. The molecule has 0 unspecified atom stereocenters. The average molecular weight is 237 g/mol. The Labute approximate surface area is 96.5 Å². The quantitative estimate of drug-likeness (QED) is 0.796. The summed E-state index contributed by atoms with van der Waals surface area (Å²) in [6, 6.07) is 6.75. The number of aromatic carboxylic acids is 1. The maximum atomic E-state index is 10.7. The van der Waals surface area contributed by atoms with Gasteiger partial charge in [0.2, 0.25) is 5.89 Å². The van der Waals surface area contributed by atoms with E-state index < -0.39 is 5.97 Å². The number of carbonyl (C=O) groups excluding carboxylic acids is 1. The Morgan fingerprint density at radius 3 is 2.50 bits per heavy atom. The van der Waals surface area contributed by atoms with E-state index in [0.29, 0.717) is 16.3 Å². The lowest BCUT2D eigenvalue weighted by atomic mass is 10.2. The summed E-state index contributed by atoms with van der Waals surface area (Å²) in [4.78, 5) is 14.7. The summed E-state index contributed by atoms with van der Waals surface area (Å²) < 4.78 is 5.09. The summed E-state index contributed by atoms with van der Waals surface area (Å²) in [6.45, 7) is 1.55. The number of hydrogen-bond donors (Lipinski definition) is 0. The molecule has 2 aromatic rings. The van der Waals surface area contributed by atoms with Crippen molar-refractivity contribution in [2.24, 2.45) is 0 Å². The van der Waals surface area contributed by atoms with Gasteiger partial charge in [-0.15, -0.1) is 0 Å². The Bertz CT molecular complexity index is 531. The molecule has 1 heterocycles. The van der Waals surface area contributed by atoms with Crippen LogP contribution in [0.15, 0.2) is 28.7 Å². The van der Waals surface area contributed by atoms with Crippen molar-refractivity contribution < 1.29 is 14.3 Å². The van der Waals surface area contributed by atoms with E-state index in [-0.39, 0.29) is 11.7 Å². The maximum Gasteiger partial charge on any atom is 0.227 e. The summed E-state index contributed by atoms with van der Waals surface area (Å²) in [5.41, 5.74) is 0.963. The Hall–Kier alpha value is -1.81. The van der Waals surface area contributed by atoms with Gasteiger partial charge in [0.1, 0.15) is 5.97 Å². The van der Waals surface area contributed by atoms with Gasteiger partial charge in [0.25, 0.3) is 0 Å². The van der Waals surface area contributed by atoms with Crippen LogP contribution in [0.25, 0.3) is 11.5 Å². The van der Waals surface area contributed by atoms with Crippen molar-refractivity contribution in [3.63, 3.8) is 0 Å². The number of carboxylic acid groups (broad SMARTS) is 1. The van der Waals surface area contributed by atoms with E-state index in [2.05, 4.69) is 4.98 Å². The fraction of sp³-hybridized carbons (Fsp3) is 0.0909. The number of nitrogens with zero attached hydrogens (tertiary/aromatic N) is 1. The van der Waals surface area contributed by atoms with Gasteiger partial charge < -0.3 is 14.3 Å². The molecule has 0 amide bonds. The highest BCUT2D eigenvalue weighted by Crippen LogP contribution is 2.22. The summed E-state index contributed by atoms with van der Waals surface area (Å²) >= 11 is 5.73. The van der Waals surface area contributed by atoms with Gasteiger partial charge in [-0.05, 0) is 31.2 Å². The van der Waals surface area contributed by atoms with Crippen molar-refractivity contribution in [3.05, 3.63) is 40.7 Å². The van der Waals surface area contributed by atoms with Crippen molar-refractivity contribution in [1.82, 2.24) is 4.98 Å². The molecule has 0 aliphatic rings. The molecule has 0 atom stereocenters. The Morgan fingerprint density at radius 2 is 2.00 bits per heavy atom. The number of rotatable bonds is 2. The molecule has 0 spiro atoms. The van der Waals surface area contributed by atoms with Gasteiger partial charge in [0, 0.05) is 10.6 Å². The number of aromatic nitrogens is 1. The second-order valence-electron chi connectivity index (χ2n) is 3.23. The number of oxazole rings is 1. The van der Waals surface area contributed by atoms with Crippen molar-refractivity contribution >= 4 is 17.6 Å². The van der Waals surface area contributed by atoms with Crippen LogP contribution in [0.3, 0.4) is 0 Å². The van der Waals surface area contributed by atoms with E-state index in [0.717, 1.165) is 0 Å². The number of aryl methyl sites for hydroxylation is 1. The van der Waals surface area contributed by atoms with Crippen LogP contribution in [0.2, 0.25) is 5.02 Å². The number of halogens is 1. The van der Waals surface area contributed by atoms with Gasteiger partial charge in [0.15, 0.2) is 5.76 Å². The second kappa shape index (κ2) is 3.98. The van der Waals surface area contributed by atoms with Crippen LogP contribution >= 0.6 is 11.6 Å². The molecule has 1 aromatic heterocycles. The van der Waals surface area contributed by atoms with E-state index in [4.69, 9.17) is 16.0 Å². The van der Waals surface area contributed by atoms with E-state index in [9.17, 15) is 9.90 Å². The highest BCUT2D eigenvalue weighted by molar-refractivity contribution is 6.30. The van der Waals surface area contributed by atoms with Gasteiger partial charge >= 0.3 is 0 Å². The lowest BCUT2D eigenvalue weighted by molar-refractivity contribution is -0.257. The van der Waals surface area contributed by atoms with Gasteiger partial charge in [-0.1, -0.05) is 11.6 Å². The van der Waals surface area contributed by atoms with Crippen LogP contribution in [0.5, 0.6) is 0 Å². The normalized spacial score (nSPS) is 10.4. The van der Waals surface area contributed by atoms with E-state index in [1.807, 2.05) is 0 Å². The first-order valence-corrected chi connectivity index (χ1v) is 4.90. The third kappa shape index (κ3) is 1.92. The van der Waals surface area contributed by atoms with Crippen LogP contribution < -0.4 is 5.11 Å². The zero-order valence-corrected chi connectivity index (χ0v) is 9.12. The first kappa shape index (κ1) is 10.7. The molecule has 4 nitrogen and oxygen atoms in total. The van der Waals surface area contributed by atoms with Gasteiger partial charge in [0.05, 0.1) is 5.69 Å². The zero-order valence-electron chi connectivity index (χ0n) is 8.36. The molecule has 0 saturated heterocycles. The number of carboxylic acids is 1. The first-order chi connectivity index (χ1) is 7.58.